The normalized spacial score (nSPS) is 18.0. The Labute approximate surface area is 219 Å². The Kier molecular flexibility index (Phi) is 9.06. The minimum atomic E-state index is -3.34. The summed E-state index contributed by atoms with van der Waals surface area (Å²) in [6.07, 6.45) is 4.65. The van der Waals surface area contributed by atoms with Gasteiger partial charge >= 0.3 is 6.09 Å². The van der Waals surface area contributed by atoms with E-state index in [1.54, 1.807) is 4.90 Å². The minimum Gasteiger partial charge on any atom is -0.444 e. The van der Waals surface area contributed by atoms with Gasteiger partial charge in [-0.1, -0.05) is 23.7 Å². The molecule has 2 atom stereocenters. The largest absolute Gasteiger partial charge is 0.444 e. The number of hydrogen-bond acceptors (Lipinski definition) is 5. The van der Waals surface area contributed by atoms with Crippen molar-refractivity contribution in [1.82, 2.24) is 10.2 Å². The van der Waals surface area contributed by atoms with E-state index in [0.29, 0.717) is 17.1 Å². The van der Waals surface area contributed by atoms with Gasteiger partial charge in [-0.2, -0.15) is 0 Å². The average Bonchev–Trinajstić information content (AvgIpc) is 3.23. The molecule has 9 heteroatoms. The molecule has 0 saturated heterocycles. The van der Waals surface area contributed by atoms with E-state index in [2.05, 4.69) is 5.32 Å². The summed E-state index contributed by atoms with van der Waals surface area (Å²) in [6.45, 7) is 6.01. The van der Waals surface area contributed by atoms with Gasteiger partial charge in [0.15, 0.2) is 9.84 Å². The summed E-state index contributed by atoms with van der Waals surface area (Å²) >= 11 is 5.98. The molecule has 0 spiro atoms. The maximum atomic E-state index is 13.2. The first-order valence-electron chi connectivity index (χ1n) is 12.2. The van der Waals surface area contributed by atoms with Crippen molar-refractivity contribution in [1.29, 1.82) is 0 Å². The number of sulfone groups is 1. The summed E-state index contributed by atoms with van der Waals surface area (Å²) in [6, 6.07) is 13.1. The van der Waals surface area contributed by atoms with Crippen LogP contribution >= 0.6 is 11.6 Å². The number of aryl methyl sites for hydroxylation is 1. The summed E-state index contributed by atoms with van der Waals surface area (Å²) in [5.41, 5.74) is 0.876. The SMILES string of the molecule is CC(C)(C)OC(=O)N(CCCc1ccc(Cl)cc1)[C@@H]1CCC[C@H]1NC(=O)c1ccc(S(C)(=O)=O)cc1. The van der Waals surface area contributed by atoms with Gasteiger partial charge in [-0.3, -0.25) is 4.79 Å². The van der Waals surface area contributed by atoms with Crippen molar-refractivity contribution in [2.45, 2.75) is 75.5 Å². The molecular weight excluding hydrogens is 500 g/mol. The lowest BCUT2D eigenvalue weighted by Crippen LogP contribution is -2.52. The predicted molar refractivity (Wildman–Crippen MR) is 141 cm³/mol. The van der Waals surface area contributed by atoms with Crippen LogP contribution < -0.4 is 5.32 Å². The highest BCUT2D eigenvalue weighted by Crippen LogP contribution is 2.27. The maximum Gasteiger partial charge on any atom is 0.410 e. The number of carbonyl (C=O) groups excluding carboxylic acids is 2. The molecule has 3 rings (SSSR count). The van der Waals surface area contributed by atoms with Crippen molar-refractivity contribution in [3.63, 3.8) is 0 Å². The number of carbonyl (C=O) groups is 2. The zero-order valence-corrected chi connectivity index (χ0v) is 22.9. The van der Waals surface area contributed by atoms with E-state index in [1.165, 1.54) is 24.3 Å². The number of rotatable bonds is 8. The molecule has 1 aliphatic carbocycles. The number of halogens is 1. The molecule has 1 N–H and O–H groups in total. The minimum absolute atomic E-state index is 0.162. The lowest BCUT2D eigenvalue weighted by Gasteiger charge is -2.35. The third-order valence-corrected chi connectivity index (χ3v) is 7.53. The molecule has 7 nitrogen and oxygen atoms in total. The third kappa shape index (κ3) is 7.96. The topological polar surface area (TPSA) is 92.8 Å². The highest BCUT2D eigenvalue weighted by Gasteiger charge is 2.37. The summed E-state index contributed by atoms with van der Waals surface area (Å²) in [5.74, 6) is -0.294. The van der Waals surface area contributed by atoms with E-state index in [4.69, 9.17) is 16.3 Å². The number of ether oxygens (including phenoxy) is 1. The summed E-state index contributed by atoms with van der Waals surface area (Å²) < 4.78 is 29.1. The molecule has 36 heavy (non-hydrogen) atoms. The molecule has 2 aromatic carbocycles. The van der Waals surface area contributed by atoms with Crippen LogP contribution in [0.5, 0.6) is 0 Å². The van der Waals surface area contributed by atoms with Gasteiger partial charge in [-0.15, -0.1) is 0 Å². The fourth-order valence-corrected chi connectivity index (χ4v) is 5.16. The van der Waals surface area contributed by atoms with Crippen molar-refractivity contribution in [2.24, 2.45) is 0 Å². The molecule has 1 saturated carbocycles. The number of hydrogen-bond donors (Lipinski definition) is 1. The van der Waals surface area contributed by atoms with Crippen LogP contribution in [0.25, 0.3) is 0 Å². The number of nitrogens with one attached hydrogen (secondary N) is 1. The van der Waals surface area contributed by atoms with E-state index in [-0.39, 0.29) is 29.0 Å². The van der Waals surface area contributed by atoms with Crippen molar-refractivity contribution < 1.29 is 22.7 Å². The molecule has 0 bridgehead atoms. The molecule has 0 aromatic heterocycles. The Hall–Kier alpha value is -2.58. The van der Waals surface area contributed by atoms with Gasteiger partial charge in [0.05, 0.1) is 10.9 Å². The fourth-order valence-electron chi connectivity index (χ4n) is 4.40. The Morgan fingerprint density at radius 1 is 1.06 bits per heavy atom. The van der Waals surface area contributed by atoms with Gasteiger partial charge in [0.2, 0.25) is 0 Å². The Balaban J connectivity index is 1.71. The van der Waals surface area contributed by atoms with E-state index < -0.39 is 15.4 Å². The molecule has 0 heterocycles. The van der Waals surface area contributed by atoms with Gasteiger partial charge in [0.1, 0.15) is 5.60 Å². The van der Waals surface area contributed by atoms with E-state index in [0.717, 1.165) is 43.9 Å². The Morgan fingerprint density at radius 2 is 1.69 bits per heavy atom. The molecule has 1 aliphatic rings. The van der Waals surface area contributed by atoms with E-state index in [1.807, 2.05) is 45.0 Å². The van der Waals surface area contributed by atoms with Gasteiger partial charge in [0.25, 0.3) is 5.91 Å². The number of nitrogens with zero attached hydrogens (tertiary/aromatic N) is 1. The van der Waals surface area contributed by atoms with Crippen LogP contribution in [0.3, 0.4) is 0 Å². The predicted octanol–water partition coefficient (Wildman–Crippen LogP) is 5.26. The maximum absolute atomic E-state index is 13.2. The van der Waals surface area contributed by atoms with Crippen LogP contribution in [-0.4, -0.2) is 55.8 Å². The van der Waals surface area contributed by atoms with Gasteiger partial charge < -0.3 is 15.0 Å². The van der Waals surface area contributed by atoms with E-state index in [9.17, 15) is 18.0 Å². The van der Waals surface area contributed by atoms with Gasteiger partial charge in [-0.25, -0.2) is 13.2 Å². The van der Waals surface area contributed by atoms with Crippen LogP contribution in [-0.2, 0) is 21.0 Å². The van der Waals surface area contributed by atoms with Crippen molar-refractivity contribution in [3.8, 4) is 0 Å². The quantitative estimate of drug-likeness (QED) is 0.498. The highest BCUT2D eigenvalue weighted by atomic mass is 35.5. The number of benzene rings is 2. The molecule has 0 aliphatic heterocycles. The molecule has 0 radical (unpaired) electrons. The van der Waals surface area contributed by atoms with Crippen LogP contribution in [0.1, 0.15) is 62.4 Å². The molecule has 196 valence electrons. The summed E-state index contributed by atoms with van der Waals surface area (Å²) in [7, 11) is -3.34. The molecule has 2 amide bonds. The second-order valence-electron chi connectivity index (χ2n) is 10.3. The zero-order valence-electron chi connectivity index (χ0n) is 21.3. The summed E-state index contributed by atoms with van der Waals surface area (Å²) in [5, 5.41) is 3.75. The van der Waals surface area contributed by atoms with Crippen molar-refractivity contribution in [2.75, 3.05) is 12.8 Å². The van der Waals surface area contributed by atoms with Crippen molar-refractivity contribution >= 4 is 33.4 Å². The first-order chi connectivity index (χ1) is 16.8. The second kappa shape index (κ2) is 11.6. The lowest BCUT2D eigenvalue weighted by molar-refractivity contribution is 0.0135. The summed E-state index contributed by atoms with van der Waals surface area (Å²) in [4.78, 5) is 28.0. The van der Waals surface area contributed by atoms with Crippen LogP contribution in [0.2, 0.25) is 5.02 Å². The fraction of sp³-hybridized carbons (Fsp3) is 0.481. The first kappa shape index (κ1) is 28.0. The second-order valence-corrected chi connectivity index (χ2v) is 12.7. The first-order valence-corrected chi connectivity index (χ1v) is 14.5. The lowest BCUT2D eigenvalue weighted by atomic mass is 10.1. The van der Waals surface area contributed by atoms with E-state index >= 15 is 0 Å². The zero-order chi connectivity index (χ0) is 26.5. The van der Waals surface area contributed by atoms with Crippen LogP contribution in [0.15, 0.2) is 53.4 Å². The van der Waals surface area contributed by atoms with Crippen LogP contribution in [0.4, 0.5) is 4.79 Å². The van der Waals surface area contributed by atoms with Crippen LogP contribution in [0, 0.1) is 0 Å². The smallest absolute Gasteiger partial charge is 0.410 e. The van der Waals surface area contributed by atoms with Gasteiger partial charge in [-0.05, 0) is 94.8 Å². The third-order valence-electron chi connectivity index (χ3n) is 6.15. The Bertz CT molecular complexity index is 1160. The molecular formula is C27H35ClN2O5S. The molecule has 0 unspecified atom stereocenters. The standard InChI is InChI=1S/C27H35ClN2O5S/c1-27(2,3)35-26(32)30(18-6-7-19-10-14-21(28)15-11-19)24-9-5-8-23(24)29-25(31)20-12-16-22(17-13-20)36(4,33)34/h10-17,23-24H,5-9,18H2,1-4H3,(H,29,31)/t23-,24-/m1/s1. The average molecular weight is 535 g/mol. The molecule has 2 aromatic rings. The van der Waals surface area contributed by atoms with Gasteiger partial charge in [0, 0.05) is 29.4 Å². The number of amides is 2. The highest BCUT2D eigenvalue weighted by molar-refractivity contribution is 7.90. The Morgan fingerprint density at radius 3 is 2.28 bits per heavy atom. The monoisotopic (exact) mass is 534 g/mol. The molecule has 1 fully saturated rings. The van der Waals surface area contributed by atoms with Crippen molar-refractivity contribution in [3.05, 3.63) is 64.7 Å².